The van der Waals surface area contributed by atoms with Crippen LogP contribution in [-0.4, -0.2) is 30.1 Å². The maximum atomic E-state index is 12.3. The molecule has 6 heteroatoms. The summed E-state index contributed by atoms with van der Waals surface area (Å²) in [5.74, 6) is -0.178. The summed E-state index contributed by atoms with van der Waals surface area (Å²) in [6, 6.07) is 9.25. The van der Waals surface area contributed by atoms with E-state index in [2.05, 4.69) is 15.6 Å². The first-order valence-electron chi connectivity index (χ1n) is 8.04. The molecule has 3 rings (SSSR count). The van der Waals surface area contributed by atoms with Crippen molar-refractivity contribution >= 4 is 23.2 Å². The van der Waals surface area contributed by atoms with Gasteiger partial charge in [0.05, 0.1) is 17.4 Å². The molecule has 0 aliphatic carbocycles. The van der Waals surface area contributed by atoms with Gasteiger partial charge in [0.15, 0.2) is 0 Å². The van der Waals surface area contributed by atoms with Crippen LogP contribution in [0, 0.1) is 0 Å². The van der Waals surface area contributed by atoms with E-state index in [1.807, 2.05) is 18.2 Å². The SMILES string of the molecule is O=C(NCc1ccccc1Cl)c1cncc(NCC2CCCO2)c1. The molecule has 1 saturated heterocycles. The van der Waals surface area contributed by atoms with E-state index in [0.29, 0.717) is 17.1 Å². The number of carbonyl (C=O) groups is 1. The lowest BCUT2D eigenvalue weighted by Crippen LogP contribution is -2.23. The average molecular weight is 346 g/mol. The Morgan fingerprint density at radius 1 is 1.33 bits per heavy atom. The van der Waals surface area contributed by atoms with E-state index in [9.17, 15) is 4.79 Å². The first-order valence-corrected chi connectivity index (χ1v) is 8.42. The number of carbonyl (C=O) groups excluding carboxylic acids is 1. The summed E-state index contributed by atoms with van der Waals surface area (Å²) in [6.07, 6.45) is 5.68. The van der Waals surface area contributed by atoms with E-state index >= 15 is 0 Å². The van der Waals surface area contributed by atoms with Crippen molar-refractivity contribution in [2.24, 2.45) is 0 Å². The van der Waals surface area contributed by atoms with Crippen LogP contribution in [0.1, 0.15) is 28.8 Å². The van der Waals surface area contributed by atoms with Gasteiger partial charge in [-0.05, 0) is 30.5 Å². The van der Waals surface area contributed by atoms with Crippen molar-refractivity contribution in [3.8, 4) is 0 Å². The van der Waals surface area contributed by atoms with Gasteiger partial charge in [0, 0.05) is 37.1 Å². The molecule has 1 aliphatic heterocycles. The minimum atomic E-state index is -0.178. The topological polar surface area (TPSA) is 63.2 Å². The van der Waals surface area contributed by atoms with Crippen LogP contribution in [0.4, 0.5) is 5.69 Å². The highest BCUT2D eigenvalue weighted by Crippen LogP contribution is 2.16. The second kappa shape index (κ2) is 8.13. The number of nitrogens with zero attached hydrogens (tertiary/aromatic N) is 1. The van der Waals surface area contributed by atoms with Crippen LogP contribution in [-0.2, 0) is 11.3 Å². The molecule has 2 heterocycles. The third-order valence-corrected chi connectivity index (χ3v) is 4.32. The predicted octanol–water partition coefficient (Wildman–Crippen LogP) is 3.26. The first kappa shape index (κ1) is 16.7. The molecule has 0 bridgehead atoms. The Kier molecular flexibility index (Phi) is 5.67. The van der Waals surface area contributed by atoms with Gasteiger partial charge in [0.2, 0.25) is 0 Å². The van der Waals surface area contributed by atoms with Gasteiger partial charge in [-0.2, -0.15) is 0 Å². The van der Waals surface area contributed by atoms with E-state index in [-0.39, 0.29) is 12.0 Å². The molecule has 24 heavy (non-hydrogen) atoms. The molecule has 1 amide bonds. The van der Waals surface area contributed by atoms with Gasteiger partial charge < -0.3 is 15.4 Å². The summed E-state index contributed by atoms with van der Waals surface area (Å²) >= 11 is 6.10. The molecule has 1 fully saturated rings. The number of halogens is 1. The Bertz CT molecular complexity index is 702. The molecule has 5 nitrogen and oxygen atoms in total. The van der Waals surface area contributed by atoms with Crippen LogP contribution in [0.2, 0.25) is 5.02 Å². The largest absolute Gasteiger partial charge is 0.381 e. The minimum absolute atomic E-state index is 0.178. The fourth-order valence-electron chi connectivity index (χ4n) is 2.62. The molecule has 126 valence electrons. The lowest BCUT2D eigenvalue weighted by atomic mass is 10.2. The Morgan fingerprint density at radius 3 is 3.00 bits per heavy atom. The van der Waals surface area contributed by atoms with Gasteiger partial charge >= 0.3 is 0 Å². The molecular formula is C18H20ClN3O2. The van der Waals surface area contributed by atoms with Crippen molar-refractivity contribution in [1.29, 1.82) is 0 Å². The number of pyridine rings is 1. The number of aromatic nitrogens is 1. The van der Waals surface area contributed by atoms with Crippen LogP contribution in [0.15, 0.2) is 42.7 Å². The van der Waals surface area contributed by atoms with Crippen LogP contribution in [0.3, 0.4) is 0 Å². The van der Waals surface area contributed by atoms with Gasteiger partial charge in [-0.15, -0.1) is 0 Å². The fourth-order valence-corrected chi connectivity index (χ4v) is 2.82. The lowest BCUT2D eigenvalue weighted by molar-refractivity contribution is 0.0950. The first-order chi connectivity index (χ1) is 11.7. The number of ether oxygens (including phenoxy) is 1. The van der Waals surface area contributed by atoms with E-state index in [0.717, 1.165) is 37.2 Å². The Hall–Kier alpha value is -2.11. The maximum absolute atomic E-state index is 12.3. The quantitative estimate of drug-likeness (QED) is 0.843. The molecule has 0 spiro atoms. The zero-order valence-electron chi connectivity index (χ0n) is 13.3. The van der Waals surface area contributed by atoms with E-state index in [1.165, 1.54) is 0 Å². The zero-order chi connectivity index (χ0) is 16.8. The highest BCUT2D eigenvalue weighted by atomic mass is 35.5. The maximum Gasteiger partial charge on any atom is 0.253 e. The van der Waals surface area contributed by atoms with Gasteiger partial charge in [-0.3, -0.25) is 9.78 Å². The third-order valence-electron chi connectivity index (χ3n) is 3.96. The van der Waals surface area contributed by atoms with Gasteiger partial charge in [0.1, 0.15) is 0 Å². The number of nitrogens with one attached hydrogen (secondary N) is 2. The fraction of sp³-hybridized carbons (Fsp3) is 0.333. The van der Waals surface area contributed by atoms with Crippen molar-refractivity contribution < 1.29 is 9.53 Å². The second-order valence-electron chi connectivity index (χ2n) is 5.75. The number of hydrogen-bond acceptors (Lipinski definition) is 4. The molecule has 0 radical (unpaired) electrons. The predicted molar refractivity (Wildman–Crippen MR) is 94.3 cm³/mol. The number of amides is 1. The molecule has 1 aromatic heterocycles. The van der Waals surface area contributed by atoms with E-state index < -0.39 is 0 Å². The minimum Gasteiger partial charge on any atom is -0.381 e. The van der Waals surface area contributed by atoms with Gasteiger partial charge in [-0.25, -0.2) is 0 Å². The van der Waals surface area contributed by atoms with E-state index in [4.69, 9.17) is 16.3 Å². The smallest absolute Gasteiger partial charge is 0.253 e. The zero-order valence-corrected chi connectivity index (χ0v) is 14.1. The number of benzene rings is 1. The van der Waals surface area contributed by atoms with Gasteiger partial charge in [-0.1, -0.05) is 29.8 Å². The van der Waals surface area contributed by atoms with Crippen molar-refractivity contribution in [1.82, 2.24) is 10.3 Å². The highest BCUT2D eigenvalue weighted by Gasteiger charge is 2.15. The van der Waals surface area contributed by atoms with Crippen molar-refractivity contribution in [3.05, 3.63) is 58.9 Å². The molecular weight excluding hydrogens is 326 g/mol. The average Bonchev–Trinajstić information content (AvgIpc) is 3.13. The monoisotopic (exact) mass is 345 g/mol. The number of hydrogen-bond donors (Lipinski definition) is 2. The standard InChI is InChI=1S/C18H20ClN3O2/c19-17-6-2-1-4-13(17)10-22-18(23)14-8-15(11-20-9-14)21-12-16-5-3-7-24-16/h1-2,4,6,8-9,11,16,21H,3,5,7,10,12H2,(H,22,23). The summed E-state index contributed by atoms with van der Waals surface area (Å²) < 4.78 is 5.58. The van der Waals surface area contributed by atoms with Crippen molar-refractivity contribution in [2.45, 2.75) is 25.5 Å². The molecule has 0 saturated carbocycles. The molecule has 1 aliphatic rings. The Morgan fingerprint density at radius 2 is 2.21 bits per heavy atom. The molecule has 2 N–H and O–H groups in total. The summed E-state index contributed by atoms with van der Waals surface area (Å²) in [7, 11) is 0. The Balaban J connectivity index is 1.56. The molecule has 1 aromatic carbocycles. The van der Waals surface area contributed by atoms with Crippen LogP contribution >= 0.6 is 11.6 Å². The Labute approximate surface area is 146 Å². The second-order valence-corrected chi connectivity index (χ2v) is 6.16. The summed E-state index contributed by atoms with van der Waals surface area (Å²) in [5, 5.41) is 6.78. The summed E-state index contributed by atoms with van der Waals surface area (Å²) in [4.78, 5) is 16.4. The van der Waals surface area contributed by atoms with E-state index in [1.54, 1.807) is 24.5 Å². The van der Waals surface area contributed by atoms with Crippen LogP contribution in [0.5, 0.6) is 0 Å². The van der Waals surface area contributed by atoms with Crippen LogP contribution < -0.4 is 10.6 Å². The lowest BCUT2D eigenvalue weighted by Gasteiger charge is -2.12. The normalized spacial score (nSPS) is 16.8. The number of rotatable bonds is 6. The summed E-state index contributed by atoms with van der Waals surface area (Å²) in [5.41, 5.74) is 2.21. The molecule has 1 atom stereocenters. The third kappa shape index (κ3) is 4.46. The van der Waals surface area contributed by atoms with Gasteiger partial charge in [0.25, 0.3) is 5.91 Å². The summed E-state index contributed by atoms with van der Waals surface area (Å²) in [6.45, 7) is 1.94. The number of anilines is 1. The highest BCUT2D eigenvalue weighted by molar-refractivity contribution is 6.31. The van der Waals surface area contributed by atoms with Crippen molar-refractivity contribution in [3.63, 3.8) is 0 Å². The molecule has 2 aromatic rings. The molecule has 1 unspecified atom stereocenters. The van der Waals surface area contributed by atoms with Crippen LogP contribution in [0.25, 0.3) is 0 Å². The van der Waals surface area contributed by atoms with Crippen molar-refractivity contribution in [2.75, 3.05) is 18.5 Å².